The minimum Gasteiger partial charge on any atom is -0.457 e. The molecule has 1 aromatic carbocycles. The van der Waals surface area contributed by atoms with E-state index in [1.165, 1.54) is 37.5 Å². The molecule has 0 radical (unpaired) electrons. The minimum atomic E-state index is -0.998. The van der Waals surface area contributed by atoms with Crippen molar-refractivity contribution in [2.75, 3.05) is 12.4 Å². The largest absolute Gasteiger partial charge is 0.457 e. The SMILES string of the molecule is CNC(=O)c1cc(Oc2ccc(NC(=O)NC3=C(F)CCC=C3F)c(F)c2)ccn1. The van der Waals surface area contributed by atoms with Gasteiger partial charge in [0.05, 0.1) is 5.69 Å². The number of nitrogens with zero attached hydrogens (tertiary/aromatic N) is 1. The summed E-state index contributed by atoms with van der Waals surface area (Å²) < 4.78 is 47.2. The van der Waals surface area contributed by atoms with E-state index in [-0.39, 0.29) is 35.7 Å². The Morgan fingerprint density at radius 3 is 2.53 bits per heavy atom. The van der Waals surface area contributed by atoms with Crippen molar-refractivity contribution in [3.05, 3.63) is 71.5 Å². The number of urea groups is 1. The second-order valence-corrected chi connectivity index (χ2v) is 6.15. The van der Waals surface area contributed by atoms with Gasteiger partial charge in [-0.05, 0) is 30.7 Å². The lowest BCUT2D eigenvalue weighted by Crippen LogP contribution is -2.30. The summed E-state index contributed by atoms with van der Waals surface area (Å²) in [5.41, 5.74) is -0.665. The Kier molecular flexibility index (Phi) is 6.35. The molecule has 1 aliphatic carbocycles. The van der Waals surface area contributed by atoms with Crippen LogP contribution in [0.5, 0.6) is 11.5 Å². The van der Waals surface area contributed by atoms with Crippen LogP contribution in [-0.4, -0.2) is 24.0 Å². The van der Waals surface area contributed by atoms with E-state index in [1.807, 2.05) is 5.32 Å². The third-order valence-electron chi connectivity index (χ3n) is 4.05. The van der Waals surface area contributed by atoms with E-state index in [2.05, 4.69) is 15.6 Å². The van der Waals surface area contributed by atoms with Crippen LogP contribution in [0, 0.1) is 5.82 Å². The summed E-state index contributed by atoms with van der Waals surface area (Å²) in [5, 5.41) is 6.65. The average molecular weight is 418 g/mol. The molecule has 0 saturated heterocycles. The summed E-state index contributed by atoms with van der Waals surface area (Å²) in [6, 6.07) is 5.48. The van der Waals surface area contributed by atoms with Gasteiger partial charge in [0, 0.05) is 31.8 Å². The molecular formula is C20H17F3N4O3. The fourth-order valence-corrected chi connectivity index (χ4v) is 2.60. The van der Waals surface area contributed by atoms with Gasteiger partial charge in [0.15, 0.2) is 0 Å². The molecule has 3 amide bonds. The van der Waals surface area contributed by atoms with Gasteiger partial charge in [-0.15, -0.1) is 0 Å². The van der Waals surface area contributed by atoms with Crippen LogP contribution in [0.15, 0.2) is 60.0 Å². The number of halogens is 3. The van der Waals surface area contributed by atoms with E-state index in [4.69, 9.17) is 4.74 Å². The molecule has 0 fully saturated rings. The number of pyridine rings is 1. The van der Waals surface area contributed by atoms with E-state index < -0.39 is 35.1 Å². The molecule has 0 atom stereocenters. The highest BCUT2D eigenvalue weighted by Crippen LogP contribution is 2.27. The molecule has 0 bridgehead atoms. The second kappa shape index (κ2) is 9.12. The fourth-order valence-electron chi connectivity index (χ4n) is 2.60. The van der Waals surface area contributed by atoms with Crippen molar-refractivity contribution < 1.29 is 27.5 Å². The third kappa shape index (κ3) is 4.96. The lowest BCUT2D eigenvalue weighted by Gasteiger charge is -2.14. The Balaban J connectivity index is 1.68. The maximum absolute atomic E-state index is 14.3. The molecule has 3 rings (SSSR count). The van der Waals surface area contributed by atoms with Gasteiger partial charge in [-0.1, -0.05) is 0 Å². The van der Waals surface area contributed by atoms with Crippen molar-refractivity contribution in [1.29, 1.82) is 0 Å². The van der Waals surface area contributed by atoms with Crippen molar-refractivity contribution in [2.24, 2.45) is 0 Å². The molecular weight excluding hydrogens is 401 g/mol. The number of ether oxygens (including phenoxy) is 1. The summed E-state index contributed by atoms with van der Waals surface area (Å²) in [6.07, 6.45) is 2.69. The molecule has 0 spiro atoms. The standard InChI is InChI=1S/C20H17F3N4O3/c1-24-19(28)17-10-12(7-8-25-17)30-11-5-6-16(15(23)9-11)26-20(29)27-18-13(21)3-2-4-14(18)22/h3,5-10H,2,4H2,1H3,(H,24,28)(H2,26,27,29). The summed E-state index contributed by atoms with van der Waals surface area (Å²) >= 11 is 0. The predicted octanol–water partition coefficient (Wildman–Crippen LogP) is 4.32. The Labute approximate surface area is 169 Å². The lowest BCUT2D eigenvalue weighted by molar-refractivity contribution is 0.0957. The molecule has 7 nitrogen and oxygen atoms in total. The molecule has 3 N–H and O–H groups in total. The molecule has 1 aliphatic rings. The maximum Gasteiger partial charge on any atom is 0.323 e. The number of aromatic nitrogens is 1. The van der Waals surface area contributed by atoms with Crippen molar-refractivity contribution in [3.8, 4) is 11.5 Å². The van der Waals surface area contributed by atoms with Gasteiger partial charge in [-0.2, -0.15) is 0 Å². The summed E-state index contributed by atoms with van der Waals surface area (Å²) in [4.78, 5) is 27.5. The van der Waals surface area contributed by atoms with Crippen LogP contribution in [0.2, 0.25) is 0 Å². The van der Waals surface area contributed by atoms with Crippen LogP contribution in [-0.2, 0) is 0 Å². The van der Waals surface area contributed by atoms with Gasteiger partial charge in [-0.25, -0.2) is 18.0 Å². The van der Waals surface area contributed by atoms with Crippen LogP contribution < -0.4 is 20.7 Å². The fraction of sp³-hybridized carbons (Fsp3) is 0.150. The quantitative estimate of drug-likeness (QED) is 0.674. The van der Waals surface area contributed by atoms with E-state index >= 15 is 0 Å². The molecule has 156 valence electrons. The number of hydrogen-bond donors (Lipinski definition) is 3. The van der Waals surface area contributed by atoms with Crippen LogP contribution in [0.4, 0.5) is 23.7 Å². The number of carbonyl (C=O) groups excluding carboxylic acids is 2. The first-order valence-electron chi connectivity index (χ1n) is 8.85. The first-order valence-corrected chi connectivity index (χ1v) is 8.85. The van der Waals surface area contributed by atoms with Crippen LogP contribution in [0.25, 0.3) is 0 Å². The Morgan fingerprint density at radius 1 is 1.07 bits per heavy atom. The first kappa shape index (κ1) is 20.9. The smallest absolute Gasteiger partial charge is 0.323 e. The van der Waals surface area contributed by atoms with Gasteiger partial charge >= 0.3 is 6.03 Å². The zero-order chi connectivity index (χ0) is 21.7. The number of rotatable bonds is 5. The monoisotopic (exact) mass is 418 g/mol. The molecule has 1 aromatic heterocycles. The Morgan fingerprint density at radius 2 is 1.83 bits per heavy atom. The molecule has 0 unspecified atom stereocenters. The Bertz CT molecular complexity index is 1050. The van der Waals surface area contributed by atoms with Gasteiger partial charge in [-0.3, -0.25) is 9.78 Å². The minimum absolute atomic E-state index is 0.0277. The average Bonchev–Trinajstić information content (AvgIpc) is 2.72. The number of anilines is 1. The number of allylic oxidation sites excluding steroid dienone is 3. The molecule has 2 aromatic rings. The van der Waals surface area contributed by atoms with Crippen molar-refractivity contribution in [2.45, 2.75) is 12.8 Å². The molecule has 0 aliphatic heterocycles. The van der Waals surface area contributed by atoms with Gasteiger partial charge in [0.2, 0.25) is 0 Å². The zero-order valence-corrected chi connectivity index (χ0v) is 15.8. The van der Waals surface area contributed by atoms with Crippen molar-refractivity contribution in [3.63, 3.8) is 0 Å². The highest BCUT2D eigenvalue weighted by atomic mass is 19.1. The number of nitrogens with one attached hydrogen (secondary N) is 3. The van der Waals surface area contributed by atoms with E-state index in [0.717, 1.165) is 12.1 Å². The molecule has 10 heteroatoms. The number of amides is 3. The predicted molar refractivity (Wildman–Crippen MR) is 103 cm³/mol. The van der Waals surface area contributed by atoms with E-state index in [0.29, 0.717) is 0 Å². The molecule has 30 heavy (non-hydrogen) atoms. The van der Waals surface area contributed by atoms with Crippen LogP contribution in [0.1, 0.15) is 23.3 Å². The summed E-state index contributed by atoms with van der Waals surface area (Å²) in [5.74, 6) is -2.56. The van der Waals surface area contributed by atoms with E-state index in [1.54, 1.807) is 0 Å². The van der Waals surface area contributed by atoms with Crippen LogP contribution >= 0.6 is 0 Å². The topological polar surface area (TPSA) is 92.4 Å². The number of hydrogen-bond acceptors (Lipinski definition) is 4. The third-order valence-corrected chi connectivity index (χ3v) is 4.05. The second-order valence-electron chi connectivity index (χ2n) is 6.15. The zero-order valence-electron chi connectivity index (χ0n) is 15.8. The summed E-state index contributed by atoms with van der Waals surface area (Å²) in [6.45, 7) is 0. The maximum atomic E-state index is 14.3. The van der Waals surface area contributed by atoms with Crippen LogP contribution in [0.3, 0.4) is 0 Å². The first-order chi connectivity index (χ1) is 14.4. The number of benzene rings is 1. The highest BCUT2D eigenvalue weighted by molar-refractivity contribution is 5.92. The van der Waals surface area contributed by atoms with Gasteiger partial charge in [0.25, 0.3) is 5.91 Å². The summed E-state index contributed by atoms with van der Waals surface area (Å²) in [7, 11) is 1.46. The Hall–Kier alpha value is -3.82. The van der Waals surface area contributed by atoms with Crippen molar-refractivity contribution >= 4 is 17.6 Å². The lowest BCUT2D eigenvalue weighted by atomic mass is 10.1. The van der Waals surface area contributed by atoms with Gasteiger partial charge in [0.1, 0.15) is 40.4 Å². The van der Waals surface area contributed by atoms with Gasteiger partial charge < -0.3 is 20.7 Å². The molecule has 1 heterocycles. The van der Waals surface area contributed by atoms with E-state index in [9.17, 15) is 22.8 Å². The normalized spacial score (nSPS) is 13.4. The van der Waals surface area contributed by atoms with Crippen molar-refractivity contribution in [1.82, 2.24) is 15.6 Å². The number of carbonyl (C=O) groups is 2. The highest BCUT2D eigenvalue weighted by Gasteiger charge is 2.19. The molecule has 0 saturated carbocycles.